The van der Waals surface area contributed by atoms with Gasteiger partial charge in [-0.05, 0) is 6.92 Å². The first kappa shape index (κ1) is 29.2. The third-order valence-electron chi connectivity index (χ3n) is 3.51. The predicted octanol–water partition coefficient (Wildman–Crippen LogP) is 1.45. The first-order valence-electron chi connectivity index (χ1n) is 7.69. The van der Waals surface area contributed by atoms with Crippen LogP contribution in [0.5, 0.6) is 0 Å². The number of alkyl halides is 9. The number of rotatable bonds is 11. The molecule has 0 aromatic carbocycles. The molecule has 3 unspecified atom stereocenters. The summed E-state index contributed by atoms with van der Waals surface area (Å²) in [5.41, 5.74) is -5.68. The van der Waals surface area contributed by atoms with Crippen molar-refractivity contribution in [3.05, 3.63) is 0 Å². The summed E-state index contributed by atoms with van der Waals surface area (Å²) in [6.07, 6.45) is -23.3. The molecule has 31 heavy (non-hydrogen) atoms. The largest absolute Gasteiger partial charge is 0.480 e. The van der Waals surface area contributed by atoms with Crippen LogP contribution in [0, 0.1) is 0 Å². The molecule has 0 aromatic heterocycles. The van der Waals surface area contributed by atoms with Crippen LogP contribution in [0.15, 0.2) is 0 Å². The average molecular weight is 501 g/mol. The third-order valence-corrected chi connectivity index (χ3v) is 5.14. The number of carboxylic acid groups (broad SMARTS) is 1. The van der Waals surface area contributed by atoms with Gasteiger partial charge in [-0.25, -0.2) is 17.6 Å². The average Bonchev–Trinajstić information content (AvgIpc) is 2.54. The Hall–Kier alpha value is -1.82. The fourth-order valence-electron chi connectivity index (χ4n) is 1.66. The van der Waals surface area contributed by atoms with E-state index in [1.165, 1.54) is 0 Å². The van der Waals surface area contributed by atoms with E-state index in [2.05, 4.69) is 9.47 Å². The quantitative estimate of drug-likeness (QED) is 0.412. The number of hydrogen-bond acceptors (Lipinski definition) is 6. The second-order valence-electron chi connectivity index (χ2n) is 6.06. The molecule has 0 heterocycles. The van der Waals surface area contributed by atoms with Crippen LogP contribution in [0.2, 0.25) is 0 Å². The molecule has 1 amide bonds. The number of methoxy groups -OCH3 is 1. The molecule has 0 aliphatic rings. The van der Waals surface area contributed by atoms with Crippen LogP contribution in [-0.2, 0) is 28.9 Å². The molecule has 3 atom stereocenters. The summed E-state index contributed by atoms with van der Waals surface area (Å²) in [7, 11) is -3.32. The first-order valence-corrected chi connectivity index (χ1v) is 9.51. The molecule has 0 saturated heterocycles. The van der Waals surface area contributed by atoms with Gasteiger partial charge in [0.15, 0.2) is 9.84 Å². The minimum absolute atomic E-state index is 0.477. The maximum atomic E-state index is 13.5. The summed E-state index contributed by atoms with van der Waals surface area (Å²) in [5.74, 6) is -7.39. The Bertz CT molecular complexity index is 749. The van der Waals surface area contributed by atoms with Gasteiger partial charge in [-0.15, -0.1) is 0 Å². The number of ether oxygens (including phenoxy) is 2. The van der Waals surface area contributed by atoms with Gasteiger partial charge in [0.1, 0.15) is 6.04 Å². The normalized spacial score (nSPS) is 17.5. The lowest BCUT2D eigenvalue weighted by Crippen LogP contribution is -2.60. The van der Waals surface area contributed by atoms with Crippen molar-refractivity contribution in [2.75, 3.05) is 25.2 Å². The number of nitrogens with one attached hydrogen (secondary N) is 1. The molecule has 8 nitrogen and oxygen atoms in total. The number of carbonyl (C=O) groups excluding carboxylic acids is 1. The fourth-order valence-corrected chi connectivity index (χ4v) is 2.98. The van der Waals surface area contributed by atoms with Crippen LogP contribution in [-0.4, -0.2) is 86.9 Å². The summed E-state index contributed by atoms with van der Waals surface area (Å²) in [4.78, 5) is 22.7. The Kier molecular flexibility index (Phi) is 9.19. The summed E-state index contributed by atoms with van der Waals surface area (Å²) in [5, 5.41) is 9.80. The Morgan fingerprint density at radius 1 is 1.03 bits per heavy atom. The lowest BCUT2D eigenvalue weighted by atomic mass is 10.1. The molecule has 0 aromatic rings. The van der Waals surface area contributed by atoms with E-state index in [0.29, 0.717) is 0 Å². The van der Waals surface area contributed by atoms with Crippen molar-refractivity contribution in [1.29, 1.82) is 0 Å². The Morgan fingerprint density at radius 2 is 1.52 bits per heavy atom. The van der Waals surface area contributed by atoms with Gasteiger partial charge in [0, 0.05) is 7.11 Å². The van der Waals surface area contributed by atoms with E-state index in [1.54, 1.807) is 0 Å². The molecular formula is C13H16F9NO7S. The Morgan fingerprint density at radius 3 is 1.87 bits per heavy atom. The van der Waals surface area contributed by atoms with E-state index >= 15 is 0 Å². The van der Waals surface area contributed by atoms with Gasteiger partial charge in [-0.3, -0.25) is 9.53 Å². The van der Waals surface area contributed by atoms with Crippen molar-refractivity contribution < 1.29 is 72.1 Å². The van der Waals surface area contributed by atoms with Gasteiger partial charge >= 0.3 is 24.4 Å². The van der Waals surface area contributed by atoms with Crippen molar-refractivity contribution in [3.8, 4) is 0 Å². The topological polar surface area (TPSA) is 119 Å². The van der Waals surface area contributed by atoms with Crippen molar-refractivity contribution in [3.63, 3.8) is 0 Å². The molecule has 0 radical (unpaired) electrons. The highest BCUT2D eigenvalue weighted by Gasteiger charge is 2.71. The number of carboxylic acids is 1. The molecule has 0 saturated carbocycles. The molecule has 0 fully saturated rings. The molecule has 0 spiro atoms. The SMILES string of the molecule is COCCS(=O)(=O)CC(NC(=O)C(OC(F)(F)C(C)(F)C(F)(F)F)C(F)(F)F)C(=O)O. The lowest BCUT2D eigenvalue weighted by molar-refractivity contribution is -0.401. The number of aliphatic carboxylic acids is 1. The van der Waals surface area contributed by atoms with E-state index in [0.717, 1.165) is 12.4 Å². The second-order valence-corrected chi connectivity index (χ2v) is 8.29. The predicted molar refractivity (Wildman–Crippen MR) is 81.5 cm³/mol. The van der Waals surface area contributed by atoms with E-state index in [1.807, 2.05) is 0 Å². The highest BCUT2D eigenvalue weighted by atomic mass is 32.2. The van der Waals surface area contributed by atoms with E-state index < -0.39 is 83.0 Å². The maximum Gasteiger partial charge on any atom is 0.430 e. The van der Waals surface area contributed by atoms with Crippen LogP contribution < -0.4 is 5.32 Å². The zero-order chi connectivity index (χ0) is 25.1. The van der Waals surface area contributed by atoms with Crippen molar-refractivity contribution in [2.24, 2.45) is 0 Å². The van der Waals surface area contributed by atoms with Crippen molar-refractivity contribution >= 4 is 21.7 Å². The van der Waals surface area contributed by atoms with Gasteiger partial charge in [-0.1, -0.05) is 0 Å². The number of halogens is 9. The molecular weight excluding hydrogens is 485 g/mol. The number of hydrogen-bond donors (Lipinski definition) is 2. The fraction of sp³-hybridized carbons (Fsp3) is 0.846. The molecule has 0 rings (SSSR count). The minimum Gasteiger partial charge on any atom is -0.480 e. The number of carbonyl (C=O) groups is 2. The van der Waals surface area contributed by atoms with Crippen LogP contribution in [0.25, 0.3) is 0 Å². The molecule has 0 bridgehead atoms. The summed E-state index contributed by atoms with van der Waals surface area (Å²) in [6.45, 7) is -1.32. The first-order chi connectivity index (χ1) is 13.6. The molecule has 18 heteroatoms. The van der Waals surface area contributed by atoms with E-state index in [4.69, 9.17) is 5.11 Å². The summed E-state index contributed by atoms with van der Waals surface area (Å²) >= 11 is 0. The monoisotopic (exact) mass is 501 g/mol. The number of sulfone groups is 1. The van der Waals surface area contributed by atoms with Crippen LogP contribution in [0.1, 0.15) is 6.92 Å². The van der Waals surface area contributed by atoms with Gasteiger partial charge in [0.05, 0.1) is 18.1 Å². The highest BCUT2D eigenvalue weighted by Crippen LogP contribution is 2.47. The van der Waals surface area contributed by atoms with Gasteiger partial charge < -0.3 is 15.2 Å². The van der Waals surface area contributed by atoms with Crippen LogP contribution >= 0.6 is 0 Å². The van der Waals surface area contributed by atoms with Crippen LogP contribution in [0.3, 0.4) is 0 Å². The van der Waals surface area contributed by atoms with Crippen molar-refractivity contribution in [2.45, 2.75) is 43.2 Å². The van der Waals surface area contributed by atoms with Crippen molar-refractivity contribution in [1.82, 2.24) is 5.32 Å². The zero-order valence-electron chi connectivity index (χ0n) is 15.5. The number of amides is 1. The van der Waals surface area contributed by atoms with Gasteiger partial charge in [-0.2, -0.15) is 35.1 Å². The Labute approximate surface area is 168 Å². The van der Waals surface area contributed by atoms with Crippen LogP contribution in [0.4, 0.5) is 39.5 Å². The molecule has 184 valence electrons. The second kappa shape index (κ2) is 9.76. The smallest absolute Gasteiger partial charge is 0.430 e. The minimum atomic E-state index is -6.43. The van der Waals surface area contributed by atoms with E-state index in [9.17, 15) is 57.5 Å². The lowest BCUT2D eigenvalue weighted by Gasteiger charge is -2.34. The summed E-state index contributed by atoms with van der Waals surface area (Å²) in [6, 6.07) is -2.64. The molecule has 0 aliphatic carbocycles. The van der Waals surface area contributed by atoms with E-state index in [-0.39, 0.29) is 0 Å². The Balaban J connectivity index is 5.81. The van der Waals surface area contributed by atoms with Gasteiger partial charge in [0.2, 0.25) is 6.10 Å². The molecule has 2 N–H and O–H groups in total. The molecule has 0 aliphatic heterocycles. The maximum absolute atomic E-state index is 13.5. The zero-order valence-corrected chi connectivity index (χ0v) is 16.3. The standard InChI is InChI=1S/C13H16F9NO7S/c1-10(14,12(18,19)20)13(21,22)30-7(11(15,16)17)8(24)23-6(9(25)26)5-31(27,28)4-3-29-2/h6-7H,3-5H2,1-2H3,(H,23,24)(H,25,26). The highest BCUT2D eigenvalue weighted by molar-refractivity contribution is 7.91. The van der Waals surface area contributed by atoms with Gasteiger partial charge in [0.25, 0.3) is 11.6 Å². The summed E-state index contributed by atoms with van der Waals surface area (Å²) < 4.78 is 147. The third kappa shape index (κ3) is 7.99.